The lowest BCUT2D eigenvalue weighted by Gasteiger charge is -1.97. The molecule has 0 aliphatic carbocycles. The van der Waals surface area contributed by atoms with Gasteiger partial charge >= 0.3 is 10.3 Å². The maximum Gasteiger partial charge on any atom is 0.333 e. The summed E-state index contributed by atoms with van der Waals surface area (Å²) in [6, 6.07) is 0. The van der Waals surface area contributed by atoms with E-state index in [0.29, 0.717) is 0 Å². The Morgan fingerprint density at radius 1 is 1.09 bits per heavy atom. The average molecular weight is 204 g/mol. The molecule has 0 spiro atoms. The third-order valence-electron chi connectivity index (χ3n) is 0.615. The van der Waals surface area contributed by atoms with Crippen LogP contribution in [0, 0.1) is 0 Å². The van der Waals surface area contributed by atoms with Crippen molar-refractivity contribution in [1.29, 1.82) is 0 Å². The first-order valence-electron chi connectivity index (χ1n) is 2.38. The second kappa shape index (κ2) is 3.45. The van der Waals surface area contributed by atoms with Crippen molar-refractivity contribution < 1.29 is 21.0 Å². The van der Waals surface area contributed by atoms with E-state index in [0.717, 1.165) is 0 Å². The fourth-order valence-corrected chi connectivity index (χ4v) is 1.00. The lowest BCUT2D eigenvalue weighted by molar-refractivity contribution is 0.339. The summed E-state index contributed by atoms with van der Waals surface area (Å²) in [5.41, 5.74) is 0. The van der Waals surface area contributed by atoms with Gasteiger partial charge in [0.15, 0.2) is 0 Å². The monoisotopic (exact) mass is 204 g/mol. The molecule has 0 aromatic heterocycles. The van der Waals surface area contributed by atoms with E-state index in [-0.39, 0.29) is 0 Å². The van der Waals surface area contributed by atoms with Crippen molar-refractivity contribution in [2.75, 3.05) is 12.4 Å². The molecule has 0 saturated carbocycles. The molecule has 7 nitrogen and oxygen atoms in total. The predicted molar refractivity (Wildman–Crippen MR) is 37.0 cm³/mol. The smallest absolute Gasteiger partial charge is 0.257 e. The molecular formula is C2H8N2O5S2. The van der Waals surface area contributed by atoms with Gasteiger partial charge in [-0.05, 0) is 0 Å². The summed E-state index contributed by atoms with van der Waals surface area (Å²) >= 11 is 0. The number of hydrogen-bond donors (Lipinski definition) is 2. The van der Waals surface area contributed by atoms with Gasteiger partial charge in [-0.15, -0.1) is 0 Å². The van der Waals surface area contributed by atoms with E-state index in [4.69, 9.17) is 0 Å². The van der Waals surface area contributed by atoms with Crippen LogP contribution < -0.4 is 10.3 Å². The van der Waals surface area contributed by atoms with Gasteiger partial charge in [0, 0.05) is 0 Å². The van der Waals surface area contributed by atoms with Gasteiger partial charge in [-0.25, -0.2) is 18.7 Å². The zero-order chi connectivity index (χ0) is 9.12. The predicted octanol–water partition coefficient (Wildman–Crippen LogP) is -2.50. The van der Waals surface area contributed by atoms with Crippen molar-refractivity contribution in [3.63, 3.8) is 0 Å². The second-order valence-electron chi connectivity index (χ2n) is 1.68. The van der Waals surface area contributed by atoms with Crippen molar-refractivity contribution in [3.05, 3.63) is 0 Å². The molecule has 4 N–H and O–H groups in total. The van der Waals surface area contributed by atoms with E-state index in [2.05, 4.69) is 14.5 Å². The molecule has 0 aliphatic heterocycles. The molecule has 0 bridgehead atoms. The van der Waals surface area contributed by atoms with E-state index in [1.165, 1.54) is 0 Å². The van der Waals surface area contributed by atoms with E-state index in [1.54, 1.807) is 0 Å². The van der Waals surface area contributed by atoms with Gasteiger partial charge in [-0.1, -0.05) is 0 Å². The Hall–Kier alpha value is -0.220. The Labute approximate surface area is 64.6 Å². The van der Waals surface area contributed by atoms with Crippen LogP contribution in [0.3, 0.4) is 0 Å². The Kier molecular flexibility index (Phi) is 3.38. The van der Waals surface area contributed by atoms with Crippen LogP contribution in [0.15, 0.2) is 0 Å². The summed E-state index contributed by atoms with van der Waals surface area (Å²) in [6.07, 6.45) is 0. The number of hydrogen-bond acceptors (Lipinski definition) is 5. The summed E-state index contributed by atoms with van der Waals surface area (Å²) in [5.74, 6) is -0.580. The molecule has 0 amide bonds. The molecule has 0 rings (SSSR count). The minimum Gasteiger partial charge on any atom is -0.257 e. The molecule has 0 atom stereocenters. The molecule has 0 heterocycles. The second-order valence-corrected chi connectivity index (χ2v) is 4.64. The Morgan fingerprint density at radius 2 is 1.55 bits per heavy atom. The van der Waals surface area contributed by atoms with Crippen LogP contribution in [0.4, 0.5) is 0 Å². The molecule has 11 heavy (non-hydrogen) atoms. The third kappa shape index (κ3) is 9.78. The molecule has 0 aromatic rings. The normalized spacial score (nSPS) is 13.3. The highest BCUT2D eigenvalue weighted by atomic mass is 32.2. The molecule has 0 saturated heterocycles. The van der Waals surface area contributed by atoms with Crippen molar-refractivity contribution in [2.45, 2.75) is 0 Å². The quantitative estimate of drug-likeness (QED) is 0.522. The highest BCUT2D eigenvalue weighted by molar-refractivity contribution is 7.89. The lowest BCUT2D eigenvalue weighted by atomic mass is 10.9. The van der Waals surface area contributed by atoms with E-state index in [9.17, 15) is 16.8 Å². The third-order valence-corrected chi connectivity index (χ3v) is 1.85. The van der Waals surface area contributed by atoms with E-state index in [1.807, 2.05) is 0 Å². The molecule has 0 aliphatic rings. The van der Waals surface area contributed by atoms with Gasteiger partial charge in [0.1, 0.15) is 0 Å². The summed E-state index contributed by atoms with van der Waals surface area (Å²) in [6.45, 7) is -0.558. The van der Waals surface area contributed by atoms with Gasteiger partial charge in [-0.2, -0.15) is 8.42 Å². The number of sulfonamides is 1. The Balaban J connectivity index is 3.79. The van der Waals surface area contributed by atoms with Gasteiger partial charge in [0.05, 0.1) is 12.4 Å². The average Bonchev–Trinajstić information content (AvgIpc) is 1.55. The fourth-order valence-electron chi connectivity index (χ4n) is 0.266. The van der Waals surface area contributed by atoms with E-state index >= 15 is 0 Å². The van der Waals surface area contributed by atoms with Crippen molar-refractivity contribution >= 4 is 20.3 Å². The molecule has 9 heteroatoms. The minimum atomic E-state index is -4.07. The molecule has 0 aromatic carbocycles. The van der Waals surface area contributed by atoms with Crippen LogP contribution in [0.5, 0.6) is 0 Å². The van der Waals surface area contributed by atoms with Crippen LogP contribution in [0.1, 0.15) is 0 Å². The summed E-state index contributed by atoms with van der Waals surface area (Å²) < 4.78 is 44.3. The van der Waals surface area contributed by atoms with Gasteiger partial charge in [0.25, 0.3) is 0 Å². The van der Waals surface area contributed by atoms with Crippen LogP contribution in [0.2, 0.25) is 0 Å². The number of primary sulfonamides is 1. The maximum atomic E-state index is 10.2. The largest absolute Gasteiger partial charge is 0.333 e. The Morgan fingerprint density at radius 3 is 1.82 bits per heavy atom. The maximum absolute atomic E-state index is 10.2. The summed E-state index contributed by atoms with van der Waals surface area (Å²) in [5, 5.41) is 8.90. The molecule has 0 unspecified atom stereocenters. The zero-order valence-corrected chi connectivity index (χ0v) is 7.06. The van der Waals surface area contributed by atoms with Gasteiger partial charge in [0.2, 0.25) is 10.0 Å². The topological polar surface area (TPSA) is 130 Å². The van der Waals surface area contributed by atoms with Gasteiger partial charge < -0.3 is 0 Å². The SMILES string of the molecule is NS(=O)(=O)CCOS(N)(=O)=O. The van der Waals surface area contributed by atoms with Crippen LogP contribution in [-0.4, -0.2) is 29.2 Å². The first kappa shape index (κ1) is 10.8. The van der Waals surface area contributed by atoms with Crippen molar-refractivity contribution in [3.8, 4) is 0 Å². The molecular weight excluding hydrogens is 196 g/mol. The molecule has 68 valence electrons. The number of nitrogens with two attached hydrogens (primary N) is 2. The standard InChI is InChI=1S/C2H8N2O5S2/c3-10(5,6)2-1-9-11(4,7)8/h1-2H2,(H2,3,5,6)(H2,4,7,8). The molecule has 0 radical (unpaired) electrons. The highest BCUT2D eigenvalue weighted by Gasteiger charge is 2.06. The van der Waals surface area contributed by atoms with Crippen LogP contribution >= 0.6 is 0 Å². The summed E-state index contributed by atoms with van der Waals surface area (Å²) in [4.78, 5) is 0. The van der Waals surface area contributed by atoms with Crippen LogP contribution in [-0.2, 0) is 24.5 Å². The molecule has 0 fully saturated rings. The lowest BCUT2D eigenvalue weighted by Crippen LogP contribution is -2.24. The van der Waals surface area contributed by atoms with Crippen molar-refractivity contribution in [1.82, 2.24) is 0 Å². The fraction of sp³-hybridized carbons (Fsp3) is 1.00. The number of rotatable bonds is 4. The highest BCUT2D eigenvalue weighted by Crippen LogP contribution is 1.84. The summed E-state index contributed by atoms with van der Waals surface area (Å²) in [7, 11) is -7.76. The van der Waals surface area contributed by atoms with Gasteiger partial charge in [-0.3, -0.25) is 4.18 Å². The van der Waals surface area contributed by atoms with Crippen molar-refractivity contribution in [2.24, 2.45) is 10.3 Å². The minimum absolute atomic E-state index is 0.558. The van der Waals surface area contributed by atoms with E-state index < -0.39 is 32.7 Å². The van der Waals surface area contributed by atoms with Crippen LogP contribution in [0.25, 0.3) is 0 Å². The zero-order valence-electron chi connectivity index (χ0n) is 5.43. The first-order valence-corrected chi connectivity index (χ1v) is 5.57. The Bertz CT molecular complexity index is 269. The first-order chi connectivity index (χ1) is 4.71.